The van der Waals surface area contributed by atoms with Gasteiger partial charge < -0.3 is 4.74 Å². The molecule has 1 saturated heterocycles. The van der Waals surface area contributed by atoms with Gasteiger partial charge in [0, 0.05) is 7.05 Å². The summed E-state index contributed by atoms with van der Waals surface area (Å²) in [5.41, 5.74) is -0.483. The molecule has 0 aromatic carbocycles. The van der Waals surface area contributed by atoms with Gasteiger partial charge in [-0.25, -0.2) is 9.69 Å². The molecule has 0 bridgehead atoms. The highest BCUT2D eigenvalue weighted by atomic mass is 16.6. The lowest BCUT2D eigenvalue weighted by molar-refractivity contribution is -0.148. The molecule has 1 heterocycles. The van der Waals surface area contributed by atoms with E-state index in [0.29, 0.717) is 12.8 Å². The maximum atomic E-state index is 11.7. The van der Waals surface area contributed by atoms with Crippen LogP contribution >= 0.6 is 0 Å². The van der Waals surface area contributed by atoms with Gasteiger partial charge in [-0.3, -0.25) is 4.79 Å². The summed E-state index contributed by atoms with van der Waals surface area (Å²) in [6.07, 6.45) is 0.877. The number of hydrogen-bond acceptors (Lipinski definition) is 3. The quantitative estimate of drug-likeness (QED) is 0.653. The second-order valence-corrected chi connectivity index (χ2v) is 3.41. The monoisotopic (exact) mass is 185 g/mol. The predicted molar refractivity (Wildman–Crippen MR) is 47.1 cm³/mol. The first-order valence-corrected chi connectivity index (χ1v) is 4.52. The molecule has 0 aromatic heterocycles. The van der Waals surface area contributed by atoms with Crippen LogP contribution in [0.2, 0.25) is 0 Å². The molecule has 1 rings (SSSR count). The van der Waals surface area contributed by atoms with Crippen molar-refractivity contribution in [2.24, 2.45) is 5.41 Å². The number of nitrogens with zero attached hydrogens (tertiary/aromatic N) is 1. The molecule has 0 aliphatic carbocycles. The highest BCUT2D eigenvalue weighted by molar-refractivity contribution is 5.97. The lowest BCUT2D eigenvalue weighted by Gasteiger charge is -2.37. The maximum absolute atomic E-state index is 11.7. The van der Waals surface area contributed by atoms with Crippen molar-refractivity contribution in [3.63, 3.8) is 0 Å². The molecule has 2 amide bonds. The zero-order valence-electron chi connectivity index (χ0n) is 8.29. The Balaban J connectivity index is 2.90. The van der Waals surface area contributed by atoms with Gasteiger partial charge in [-0.05, 0) is 12.8 Å². The summed E-state index contributed by atoms with van der Waals surface area (Å²) >= 11 is 0. The minimum Gasteiger partial charge on any atom is -0.448 e. The molecule has 0 aromatic rings. The average Bonchev–Trinajstić information content (AvgIpc) is 2.16. The van der Waals surface area contributed by atoms with Gasteiger partial charge in [-0.15, -0.1) is 0 Å². The van der Waals surface area contributed by atoms with Gasteiger partial charge in [0.15, 0.2) is 0 Å². The van der Waals surface area contributed by atoms with Crippen molar-refractivity contribution in [2.75, 3.05) is 13.7 Å². The van der Waals surface area contributed by atoms with Crippen LogP contribution in [0.15, 0.2) is 0 Å². The van der Waals surface area contributed by atoms with E-state index < -0.39 is 11.5 Å². The number of cyclic esters (lactones) is 1. The third kappa shape index (κ3) is 1.41. The third-order valence-corrected chi connectivity index (χ3v) is 2.86. The Labute approximate surface area is 77.8 Å². The van der Waals surface area contributed by atoms with E-state index in [-0.39, 0.29) is 12.5 Å². The largest absolute Gasteiger partial charge is 0.448 e. The van der Waals surface area contributed by atoms with Crippen LogP contribution in [0.5, 0.6) is 0 Å². The van der Waals surface area contributed by atoms with Gasteiger partial charge in [-0.2, -0.15) is 0 Å². The average molecular weight is 185 g/mol. The minimum absolute atomic E-state index is 0.117. The van der Waals surface area contributed by atoms with Gasteiger partial charge in [0.25, 0.3) is 0 Å². The fraction of sp³-hybridized carbons (Fsp3) is 0.778. The molecule has 4 heteroatoms. The van der Waals surface area contributed by atoms with Gasteiger partial charge in [0.2, 0.25) is 5.91 Å². The number of amides is 2. The Kier molecular flexibility index (Phi) is 2.59. The Bertz CT molecular complexity index is 233. The molecule has 0 saturated carbocycles. The molecule has 0 atom stereocenters. The van der Waals surface area contributed by atoms with Gasteiger partial charge in [-0.1, -0.05) is 13.8 Å². The summed E-state index contributed by atoms with van der Waals surface area (Å²) in [6, 6.07) is 0. The zero-order valence-corrected chi connectivity index (χ0v) is 8.29. The molecular formula is C9H15NO3. The molecule has 1 fully saturated rings. The highest BCUT2D eigenvalue weighted by Gasteiger charge is 2.44. The Morgan fingerprint density at radius 2 is 1.92 bits per heavy atom. The first-order chi connectivity index (χ1) is 6.07. The van der Waals surface area contributed by atoms with E-state index in [0.717, 1.165) is 4.90 Å². The predicted octanol–water partition coefficient (Wildman–Crippen LogP) is 1.40. The van der Waals surface area contributed by atoms with Gasteiger partial charge in [0.1, 0.15) is 6.61 Å². The fourth-order valence-electron chi connectivity index (χ4n) is 1.55. The molecule has 1 aliphatic rings. The third-order valence-electron chi connectivity index (χ3n) is 2.86. The molecule has 0 unspecified atom stereocenters. The second-order valence-electron chi connectivity index (χ2n) is 3.41. The molecule has 0 radical (unpaired) electrons. The van der Waals surface area contributed by atoms with Crippen molar-refractivity contribution in [3.05, 3.63) is 0 Å². The first-order valence-electron chi connectivity index (χ1n) is 4.52. The van der Waals surface area contributed by atoms with Gasteiger partial charge in [0.05, 0.1) is 5.41 Å². The molecule has 4 nitrogen and oxygen atoms in total. The minimum atomic E-state index is -0.539. The van der Waals surface area contributed by atoms with Crippen LogP contribution in [0.1, 0.15) is 26.7 Å². The summed E-state index contributed by atoms with van der Waals surface area (Å²) in [7, 11) is 1.46. The van der Waals surface area contributed by atoms with E-state index >= 15 is 0 Å². The molecule has 0 N–H and O–H groups in total. The van der Waals surface area contributed by atoms with E-state index in [1.54, 1.807) is 0 Å². The van der Waals surface area contributed by atoms with Gasteiger partial charge >= 0.3 is 6.09 Å². The first kappa shape index (κ1) is 10.0. The standard InChI is InChI=1S/C9H15NO3/c1-4-9(5-2)6-13-8(12)10(3)7(9)11/h4-6H2,1-3H3. The van der Waals surface area contributed by atoms with Crippen molar-refractivity contribution < 1.29 is 14.3 Å². The van der Waals surface area contributed by atoms with Crippen LogP contribution < -0.4 is 0 Å². The van der Waals surface area contributed by atoms with E-state index in [4.69, 9.17) is 4.74 Å². The van der Waals surface area contributed by atoms with Crippen LogP contribution in [-0.4, -0.2) is 30.6 Å². The van der Waals surface area contributed by atoms with Crippen molar-refractivity contribution in [1.29, 1.82) is 0 Å². The zero-order chi connectivity index (χ0) is 10.1. The number of hydrogen-bond donors (Lipinski definition) is 0. The lowest BCUT2D eigenvalue weighted by Crippen LogP contribution is -2.52. The van der Waals surface area contributed by atoms with Crippen molar-refractivity contribution in [1.82, 2.24) is 4.90 Å². The summed E-state index contributed by atoms with van der Waals surface area (Å²) in [5.74, 6) is -0.117. The maximum Gasteiger partial charge on any atom is 0.416 e. The molecular weight excluding hydrogens is 170 g/mol. The van der Waals surface area contributed by atoms with E-state index in [9.17, 15) is 9.59 Å². The fourth-order valence-corrected chi connectivity index (χ4v) is 1.55. The number of carbonyl (C=O) groups excluding carboxylic acids is 2. The molecule has 74 valence electrons. The number of rotatable bonds is 2. The Morgan fingerprint density at radius 3 is 2.38 bits per heavy atom. The SMILES string of the molecule is CCC1(CC)COC(=O)N(C)C1=O. The van der Waals surface area contributed by atoms with Crippen molar-refractivity contribution >= 4 is 12.0 Å². The highest BCUT2D eigenvalue weighted by Crippen LogP contribution is 2.32. The smallest absolute Gasteiger partial charge is 0.416 e. The summed E-state index contributed by atoms with van der Waals surface area (Å²) < 4.78 is 4.92. The number of ether oxygens (including phenoxy) is 1. The molecule has 0 spiro atoms. The Morgan fingerprint density at radius 1 is 1.38 bits per heavy atom. The van der Waals surface area contributed by atoms with Crippen LogP contribution in [0.25, 0.3) is 0 Å². The van der Waals surface area contributed by atoms with Crippen molar-refractivity contribution in [3.8, 4) is 0 Å². The number of carbonyl (C=O) groups is 2. The summed E-state index contributed by atoms with van der Waals surface area (Å²) in [4.78, 5) is 23.8. The number of imide groups is 1. The van der Waals surface area contributed by atoms with E-state index in [1.807, 2.05) is 13.8 Å². The van der Waals surface area contributed by atoms with Crippen LogP contribution in [0.3, 0.4) is 0 Å². The van der Waals surface area contributed by atoms with Crippen molar-refractivity contribution in [2.45, 2.75) is 26.7 Å². The second kappa shape index (κ2) is 3.36. The van der Waals surface area contributed by atoms with Crippen LogP contribution in [0, 0.1) is 5.41 Å². The molecule has 13 heavy (non-hydrogen) atoms. The van der Waals surface area contributed by atoms with Crippen LogP contribution in [0.4, 0.5) is 4.79 Å². The van der Waals surface area contributed by atoms with E-state index in [2.05, 4.69) is 0 Å². The normalized spacial score (nSPS) is 21.6. The summed E-state index contributed by atoms with van der Waals surface area (Å²) in [6.45, 7) is 4.10. The Hall–Kier alpha value is -1.06. The lowest BCUT2D eigenvalue weighted by atomic mass is 9.81. The summed E-state index contributed by atoms with van der Waals surface area (Å²) in [5, 5.41) is 0. The topological polar surface area (TPSA) is 46.6 Å². The molecule has 1 aliphatic heterocycles. The van der Waals surface area contributed by atoms with E-state index in [1.165, 1.54) is 7.05 Å². The van der Waals surface area contributed by atoms with Crippen LogP contribution in [-0.2, 0) is 9.53 Å².